The van der Waals surface area contributed by atoms with Crippen molar-refractivity contribution in [3.8, 4) is 0 Å². The van der Waals surface area contributed by atoms with Crippen molar-refractivity contribution in [3.63, 3.8) is 0 Å². The summed E-state index contributed by atoms with van der Waals surface area (Å²) in [5, 5.41) is 7.93. The number of aryl methyl sites for hydroxylation is 1. The topological polar surface area (TPSA) is 62.5 Å². The van der Waals surface area contributed by atoms with Crippen LogP contribution in [0.5, 0.6) is 0 Å². The van der Waals surface area contributed by atoms with Crippen molar-refractivity contribution in [2.24, 2.45) is 10.8 Å². The lowest BCUT2D eigenvalue weighted by Gasteiger charge is -2.51. The predicted molar refractivity (Wildman–Crippen MR) is 76.0 cm³/mol. The van der Waals surface area contributed by atoms with E-state index in [1.54, 1.807) is 6.92 Å². The van der Waals surface area contributed by atoms with Gasteiger partial charge < -0.3 is 14.2 Å². The van der Waals surface area contributed by atoms with Crippen LogP contribution in [0.2, 0.25) is 0 Å². The van der Waals surface area contributed by atoms with Crippen LogP contribution in [0.4, 0.5) is 13.2 Å². The Bertz CT molecular complexity index is 677. The maximum Gasteiger partial charge on any atom is 0.403 e. The Labute approximate surface area is 137 Å². The van der Waals surface area contributed by atoms with Gasteiger partial charge in [-0.2, -0.15) is 13.2 Å². The minimum absolute atomic E-state index is 0.0474. The quantitative estimate of drug-likeness (QED) is 0.815. The van der Waals surface area contributed by atoms with Crippen molar-refractivity contribution in [1.29, 1.82) is 0 Å². The number of nitrogens with zero attached hydrogens (tertiary/aromatic N) is 4. The molecule has 3 fully saturated rings. The van der Waals surface area contributed by atoms with Gasteiger partial charge in [-0.1, -0.05) is 0 Å². The molecule has 2 saturated heterocycles. The van der Waals surface area contributed by atoms with Crippen LogP contribution in [0.25, 0.3) is 0 Å². The third kappa shape index (κ3) is 2.09. The average molecular weight is 344 g/mol. The molecule has 1 spiro atoms. The number of aromatic nitrogens is 2. The van der Waals surface area contributed by atoms with E-state index in [4.69, 9.17) is 4.42 Å². The fraction of sp³-hybridized carbons (Fsp3) is 0.800. The second-order valence-electron chi connectivity index (χ2n) is 7.51. The molecule has 2 aliphatic heterocycles. The standard InChI is InChI=1S/C15H19F3N4O2/c1-9-19-20-11(24-9)10-5-21(2)6-13(10)7-22(8-13)12(23)14(3-4-14)15(16,17)18/h10H,3-8H2,1-2H3. The molecule has 4 rings (SSSR count). The number of hydrogen-bond acceptors (Lipinski definition) is 5. The molecule has 1 amide bonds. The second kappa shape index (κ2) is 4.71. The van der Waals surface area contributed by atoms with Gasteiger partial charge >= 0.3 is 6.18 Å². The highest BCUT2D eigenvalue weighted by molar-refractivity contribution is 5.87. The van der Waals surface area contributed by atoms with Crippen LogP contribution in [-0.2, 0) is 4.79 Å². The van der Waals surface area contributed by atoms with Crippen LogP contribution in [0, 0.1) is 17.8 Å². The Morgan fingerprint density at radius 2 is 1.92 bits per heavy atom. The zero-order valence-corrected chi connectivity index (χ0v) is 13.6. The summed E-state index contributed by atoms with van der Waals surface area (Å²) in [5.41, 5.74) is -2.42. The molecule has 1 aliphatic carbocycles. The first-order chi connectivity index (χ1) is 11.2. The zero-order chi connectivity index (χ0) is 17.3. The third-order valence-corrected chi connectivity index (χ3v) is 5.66. The fourth-order valence-electron chi connectivity index (χ4n) is 4.23. The van der Waals surface area contributed by atoms with E-state index >= 15 is 0 Å². The molecule has 6 nitrogen and oxygen atoms in total. The summed E-state index contributed by atoms with van der Waals surface area (Å²) >= 11 is 0. The lowest BCUT2D eigenvalue weighted by atomic mass is 9.71. The van der Waals surface area contributed by atoms with Gasteiger partial charge in [-0.3, -0.25) is 4.79 Å². The lowest BCUT2D eigenvalue weighted by molar-refractivity contribution is -0.204. The highest BCUT2D eigenvalue weighted by Crippen LogP contribution is 2.60. The molecule has 0 N–H and O–H groups in total. The van der Waals surface area contributed by atoms with Crippen LogP contribution >= 0.6 is 0 Å². The summed E-state index contributed by atoms with van der Waals surface area (Å²) < 4.78 is 45.0. The number of carbonyl (C=O) groups is 1. The summed E-state index contributed by atoms with van der Waals surface area (Å²) in [6, 6.07) is 0. The van der Waals surface area contributed by atoms with E-state index in [1.165, 1.54) is 4.90 Å². The molecular weight excluding hydrogens is 325 g/mol. The maximum absolute atomic E-state index is 13.2. The molecule has 1 aromatic heterocycles. The van der Waals surface area contributed by atoms with Gasteiger partial charge in [0.25, 0.3) is 0 Å². The molecular formula is C15H19F3N4O2. The number of hydrogen-bond donors (Lipinski definition) is 0. The maximum atomic E-state index is 13.2. The van der Waals surface area contributed by atoms with Gasteiger partial charge in [0.05, 0.1) is 5.92 Å². The molecule has 0 radical (unpaired) electrons. The Morgan fingerprint density at radius 1 is 1.25 bits per heavy atom. The summed E-state index contributed by atoms with van der Waals surface area (Å²) in [5.74, 6) is 0.168. The van der Waals surface area contributed by atoms with E-state index in [0.717, 1.165) is 0 Å². The highest BCUT2D eigenvalue weighted by atomic mass is 19.4. The molecule has 1 atom stereocenters. The van der Waals surface area contributed by atoms with E-state index in [1.807, 2.05) is 7.05 Å². The summed E-state index contributed by atoms with van der Waals surface area (Å²) in [6.45, 7) is 3.76. The van der Waals surface area contributed by atoms with Crippen LogP contribution in [0.1, 0.15) is 30.5 Å². The number of carbonyl (C=O) groups excluding carboxylic acids is 1. The number of halogens is 3. The largest absolute Gasteiger partial charge is 0.425 e. The van der Waals surface area contributed by atoms with Crippen LogP contribution < -0.4 is 0 Å². The van der Waals surface area contributed by atoms with E-state index in [2.05, 4.69) is 15.1 Å². The summed E-state index contributed by atoms with van der Waals surface area (Å²) in [7, 11) is 1.95. The van der Waals surface area contributed by atoms with E-state index in [0.29, 0.717) is 38.0 Å². The summed E-state index contributed by atoms with van der Waals surface area (Å²) in [4.78, 5) is 15.8. The third-order valence-electron chi connectivity index (χ3n) is 5.66. The molecule has 1 aromatic rings. The Hall–Kier alpha value is -1.64. The number of alkyl halides is 3. The molecule has 3 heterocycles. The SMILES string of the molecule is Cc1nnc(C2CN(C)CC23CN(C(=O)C2(C(F)(F)F)CC2)C3)o1. The number of likely N-dealkylation sites (tertiary alicyclic amines) is 2. The van der Waals surface area contributed by atoms with E-state index in [-0.39, 0.29) is 24.2 Å². The Kier molecular flexibility index (Phi) is 3.11. The van der Waals surface area contributed by atoms with Crippen LogP contribution in [0.3, 0.4) is 0 Å². The highest BCUT2D eigenvalue weighted by Gasteiger charge is 2.71. The predicted octanol–water partition coefficient (Wildman–Crippen LogP) is 1.58. The lowest BCUT2D eigenvalue weighted by Crippen LogP contribution is -2.64. The van der Waals surface area contributed by atoms with E-state index in [9.17, 15) is 18.0 Å². The van der Waals surface area contributed by atoms with Crippen molar-refractivity contribution in [2.75, 3.05) is 33.2 Å². The minimum atomic E-state index is -4.46. The average Bonchev–Trinajstić information content (AvgIpc) is 3.06. The molecule has 24 heavy (non-hydrogen) atoms. The van der Waals surface area contributed by atoms with Gasteiger partial charge in [-0.15, -0.1) is 10.2 Å². The first-order valence-corrected chi connectivity index (χ1v) is 8.02. The second-order valence-corrected chi connectivity index (χ2v) is 7.51. The van der Waals surface area contributed by atoms with Crippen molar-refractivity contribution in [2.45, 2.75) is 31.9 Å². The van der Waals surface area contributed by atoms with Crippen molar-refractivity contribution in [3.05, 3.63) is 11.8 Å². The van der Waals surface area contributed by atoms with Crippen molar-refractivity contribution < 1.29 is 22.4 Å². The minimum Gasteiger partial charge on any atom is -0.425 e. The van der Waals surface area contributed by atoms with Crippen molar-refractivity contribution in [1.82, 2.24) is 20.0 Å². The molecule has 132 valence electrons. The van der Waals surface area contributed by atoms with Gasteiger partial charge in [0.15, 0.2) is 0 Å². The van der Waals surface area contributed by atoms with Crippen molar-refractivity contribution >= 4 is 5.91 Å². The first-order valence-electron chi connectivity index (χ1n) is 8.02. The molecule has 9 heteroatoms. The van der Waals surface area contributed by atoms with Crippen LogP contribution in [-0.4, -0.2) is 65.3 Å². The number of rotatable bonds is 2. The Morgan fingerprint density at radius 3 is 2.42 bits per heavy atom. The Balaban J connectivity index is 1.52. The normalized spacial score (nSPS) is 28.2. The molecule has 0 bridgehead atoms. The molecule has 0 aromatic carbocycles. The van der Waals surface area contributed by atoms with Gasteiger partial charge in [0.1, 0.15) is 5.41 Å². The zero-order valence-electron chi connectivity index (χ0n) is 13.6. The van der Waals surface area contributed by atoms with Gasteiger partial charge in [-0.05, 0) is 19.9 Å². The van der Waals surface area contributed by atoms with E-state index < -0.39 is 17.5 Å². The van der Waals surface area contributed by atoms with Crippen LogP contribution in [0.15, 0.2) is 4.42 Å². The molecule has 1 unspecified atom stereocenters. The molecule has 3 aliphatic rings. The molecule has 1 saturated carbocycles. The fourth-order valence-corrected chi connectivity index (χ4v) is 4.23. The monoisotopic (exact) mass is 344 g/mol. The van der Waals surface area contributed by atoms with Gasteiger partial charge in [0, 0.05) is 38.5 Å². The number of likely N-dealkylation sites (N-methyl/N-ethyl adjacent to an activating group) is 1. The first kappa shape index (κ1) is 15.9. The summed E-state index contributed by atoms with van der Waals surface area (Å²) in [6.07, 6.45) is -4.64. The smallest absolute Gasteiger partial charge is 0.403 e. The number of amides is 1. The van der Waals surface area contributed by atoms with Gasteiger partial charge in [-0.25, -0.2) is 0 Å². The van der Waals surface area contributed by atoms with Gasteiger partial charge in [0.2, 0.25) is 17.7 Å².